The van der Waals surface area contributed by atoms with Crippen molar-refractivity contribution in [2.24, 2.45) is 5.92 Å². The van der Waals surface area contributed by atoms with Crippen molar-refractivity contribution in [1.82, 2.24) is 4.90 Å². The molecule has 0 aliphatic carbocycles. The number of carbonyl (C=O) groups is 1. The highest BCUT2D eigenvalue weighted by Gasteiger charge is 2.29. The van der Waals surface area contributed by atoms with Gasteiger partial charge in [0.05, 0.1) is 16.6 Å². The summed E-state index contributed by atoms with van der Waals surface area (Å²) in [4.78, 5) is 13.4. The number of hydrogen-bond donors (Lipinski definition) is 0. The Labute approximate surface area is 109 Å². The first-order chi connectivity index (χ1) is 8.00. The van der Waals surface area contributed by atoms with Gasteiger partial charge < -0.3 is 4.90 Å². The molecule has 0 bridgehead atoms. The van der Waals surface area contributed by atoms with Crippen molar-refractivity contribution >= 4 is 29.1 Å². The molecule has 0 radical (unpaired) electrons. The van der Waals surface area contributed by atoms with Crippen molar-refractivity contribution in [3.8, 4) is 0 Å². The lowest BCUT2D eigenvalue weighted by atomic mass is 10.1. The van der Waals surface area contributed by atoms with E-state index in [1.54, 1.807) is 4.90 Å². The summed E-state index contributed by atoms with van der Waals surface area (Å²) >= 11 is 11.8. The number of nitrogens with zero attached hydrogens (tertiary/aromatic N) is 1. The standard InChI is InChI=1S/C12H12Cl2FNO/c1-7-4-5-16(12(7)17)6-8-10(15)3-2-9(13)11(8)14/h2-3,7H,4-6H2,1H3/t7-/m0/s1. The molecule has 1 heterocycles. The fourth-order valence-electron chi connectivity index (χ4n) is 1.96. The second kappa shape index (κ2) is 4.83. The van der Waals surface area contributed by atoms with E-state index in [1.807, 2.05) is 6.92 Å². The van der Waals surface area contributed by atoms with Crippen molar-refractivity contribution < 1.29 is 9.18 Å². The van der Waals surface area contributed by atoms with Crippen LogP contribution in [-0.4, -0.2) is 17.4 Å². The van der Waals surface area contributed by atoms with Crippen LogP contribution >= 0.6 is 23.2 Å². The highest BCUT2D eigenvalue weighted by molar-refractivity contribution is 6.42. The van der Waals surface area contributed by atoms with Crippen LogP contribution in [0.2, 0.25) is 10.0 Å². The van der Waals surface area contributed by atoms with Crippen molar-refractivity contribution in [2.45, 2.75) is 19.9 Å². The van der Waals surface area contributed by atoms with Gasteiger partial charge in [-0.2, -0.15) is 0 Å². The molecule has 1 aromatic rings. The highest BCUT2D eigenvalue weighted by atomic mass is 35.5. The molecule has 1 aliphatic rings. The second-order valence-corrected chi connectivity index (χ2v) is 5.06. The number of carbonyl (C=O) groups excluding carboxylic acids is 1. The van der Waals surface area contributed by atoms with Gasteiger partial charge in [-0.1, -0.05) is 30.1 Å². The number of rotatable bonds is 2. The number of hydrogen-bond acceptors (Lipinski definition) is 1. The van der Waals surface area contributed by atoms with Crippen LogP contribution in [0.25, 0.3) is 0 Å². The third kappa shape index (κ3) is 2.40. The topological polar surface area (TPSA) is 20.3 Å². The number of halogens is 3. The van der Waals surface area contributed by atoms with E-state index < -0.39 is 5.82 Å². The Bertz CT molecular complexity index is 464. The molecular weight excluding hydrogens is 264 g/mol. The van der Waals surface area contributed by atoms with Gasteiger partial charge in [0, 0.05) is 18.0 Å². The SMILES string of the molecule is C[C@H]1CCN(Cc2c(F)ccc(Cl)c2Cl)C1=O. The molecular formula is C12H12Cl2FNO. The van der Waals surface area contributed by atoms with E-state index in [1.165, 1.54) is 12.1 Å². The van der Waals surface area contributed by atoms with Gasteiger partial charge in [-0.3, -0.25) is 4.79 Å². The number of amides is 1. The fourth-order valence-corrected chi connectivity index (χ4v) is 2.35. The molecule has 2 rings (SSSR count). The molecule has 92 valence electrons. The van der Waals surface area contributed by atoms with Gasteiger partial charge in [-0.25, -0.2) is 4.39 Å². The smallest absolute Gasteiger partial charge is 0.225 e. The van der Waals surface area contributed by atoms with Gasteiger partial charge in [-0.05, 0) is 18.6 Å². The molecule has 5 heteroatoms. The monoisotopic (exact) mass is 275 g/mol. The first kappa shape index (κ1) is 12.7. The lowest BCUT2D eigenvalue weighted by molar-refractivity contribution is -0.131. The van der Waals surface area contributed by atoms with Crippen LogP contribution in [0, 0.1) is 11.7 Å². The maximum atomic E-state index is 13.6. The van der Waals surface area contributed by atoms with E-state index in [0.717, 1.165) is 6.42 Å². The van der Waals surface area contributed by atoms with E-state index >= 15 is 0 Å². The van der Waals surface area contributed by atoms with Crippen LogP contribution in [0.15, 0.2) is 12.1 Å². The van der Waals surface area contributed by atoms with Crippen LogP contribution in [0.4, 0.5) is 4.39 Å². The summed E-state index contributed by atoms with van der Waals surface area (Å²) < 4.78 is 13.6. The van der Waals surface area contributed by atoms with E-state index in [4.69, 9.17) is 23.2 Å². The molecule has 0 spiro atoms. The van der Waals surface area contributed by atoms with Gasteiger partial charge in [0.15, 0.2) is 0 Å². The zero-order valence-electron chi connectivity index (χ0n) is 9.34. The Hall–Kier alpha value is -0.800. The minimum Gasteiger partial charge on any atom is -0.338 e. The lowest BCUT2D eigenvalue weighted by Crippen LogP contribution is -2.26. The first-order valence-electron chi connectivity index (χ1n) is 5.42. The minimum absolute atomic E-state index is 0.0102. The minimum atomic E-state index is -0.424. The van der Waals surface area contributed by atoms with E-state index in [0.29, 0.717) is 17.1 Å². The predicted octanol–water partition coefficient (Wildman–Crippen LogP) is 3.50. The lowest BCUT2D eigenvalue weighted by Gasteiger charge is -2.17. The molecule has 0 unspecified atom stereocenters. The Morgan fingerprint density at radius 1 is 1.47 bits per heavy atom. The van der Waals surface area contributed by atoms with E-state index in [-0.39, 0.29) is 23.4 Å². The van der Waals surface area contributed by atoms with Gasteiger partial charge in [0.1, 0.15) is 5.82 Å². The molecule has 0 saturated carbocycles. The molecule has 1 saturated heterocycles. The first-order valence-corrected chi connectivity index (χ1v) is 6.17. The summed E-state index contributed by atoms with van der Waals surface area (Å²) in [5.74, 6) is -0.372. The van der Waals surface area contributed by atoms with Crippen LogP contribution < -0.4 is 0 Å². The molecule has 2 nitrogen and oxygen atoms in total. The number of benzene rings is 1. The molecule has 0 N–H and O–H groups in total. The van der Waals surface area contributed by atoms with Crippen LogP contribution in [0.5, 0.6) is 0 Å². The average molecular weight is 276 g/mol. The predicted molar refractivity (Wildman–Crippen MR) is 65.6 cm³/mol. The van der Waals surface area contributed by atoms with Crippen molar-refractivity contribution in [3.05, 3.63) is 33.6 Å². The zero-order valence-corrected chi connectivity index (χ0v) is 10.9. The van der Waals surface area contributed by atoms with Crippen molar-refractivity contribution in [3.63, 3.8) is 0 Å². The summed E-state index contributed by atoms with van der Waals surface area (Å²) in [5, 5.41) is 0.502. The van der Waals surface area contributed by atoms with Crippen molar-refractivity contribution in [2.75, 3.05) is 6.54 Å². The largest absolute Gasteiger partial charge is 0.338 e. The summed E-state index contributed by atoms with van der Waals surface area (Å²) in [5.41, 5.74) is 0.293. The molecule has 1 amide bonds. The van der Waals surface area contributed by atoms with Gasteiger partial charge >= 0.3 is 0 Å². The van der Waals surface area contributed by atoms with Gasteiger partial charge in [0.25, 0.3) is 0 Å². The Kier molecular flexibility index (Phi) is 3.59. The van der Waals surface area contributed by atoms with Gasteiger partial charge in [0.2, 0.25) is 5.91 Å². The summed E-state index contributed by atoms with van der Waals surface area (Å²) in [6, 6.07) is 2.69. The number of likely N-dealkylation sites (tertiary alicyclic amines) is 1. The van der Waals surface area contributed by atoms with Gasteiger partial charge in [-0.15, -0.1) is 0 Å². The normalized spacial score (nSPS) is 20.1. The Balaban J connectivity index is 2.25. The third-order valence-electron chi connectivity index (χ3n) is 3.05. The molecule has 1 fully saturated rings. The van der Waals surface area contributed by atoms with E-state index in [9.17, 15) is 9.18 Å². The summed E-state index contributed by atoms with van der Waals surface area (Å²) in [7, 11) is 0. The third-order valence-corrected chi connectivity index (χ3v) is 3.90. The van der Waals surface area contributed by atoms with Crippen LogP contribution in [-0.2, 0) is 11.3 Å². The van der Waals surface area contributed by atoms with Crippen LogP contribution in [0.3, 0.4) is 0 Å². The second-order valence-electron chi connectivity index (χ2n) is 4.27. The quantitative estimate of drug-likeness (QED) is 0.757. The maximum absolute atomic E-state index is 13.6. The van der Waals surface area contributed by atoms with Crippen LogP contribution in [0.1, 0.15) is 18.9 Å². The fraction of sp³-hybridized carbons (Fsp3) is 0.417. The summed E-state index contributed by atoms with van der Waals surface area (Å²) in [6.45, 7) is 2.70. The Morgan fingerprint density at radius 3 is 2.76 bits per heavy atom. The zero-order chi connectivity index (χ0) is 12.6. The molecule has 0 aromatic heterocycles. The molecule has 1 atom stereocenters. The average Bonchev–Trinajstić information content (AvgIpc) is 2.61. The maximum Gasteiger partial charge on any atom is 0.225 e. The Morgan fingerprint density at radius 2 is 2.18 bits per heavy atom. The summed E-state index contributed by atoms with van der Waals surface area (Å²) in [6.07, 6.45) is 0.804. The molecule has 17 heavy (non-hydrogen) atoms. The molecule has 1 aliphatic heterocycles. The van der Waals surface area contributed by atoms with Crippen molar-refractivity contribution in [1.29, 1.82) is 0 Å². The van der Waals surface area contributed by atoms with E-state index in [2.05, 4.69) is 0 Å². The molecule has 1 aromatic carbocycles. The highest BCUT2D eigenvalue weighted by Crippen LogP contribution is 2.30.